The van der Waals surface area contributed by atoms with E-state index in [4.69, 9.17) is 9.97 Å². The van der Waals surface area contributed by atoms with Gasteiger partial charge in [0.15, 0.2) is 22.6 Å². The Kier molecular flexibility index (Phi) is 6.34. The number of anilines is 3. The number of para-hydroxylation sites is 3. The van der Waals surface area contributed by atoms with E-state index in [1.807, 2.05) is 79.0 Å². The second kappa shape index (κ2) is 10.1. The van der Waals surface area contributed by atoms with E-state index < -0.39 is 11.0 Å². The molecule has 0 saturated heterocycles. The van der Waals surface area contributed by atoms with Gasteiger partial charge in [0.2, 0.25) is 0 Å². The van der Waals surface area contributed by atoms with Gasteiger partial charge in [-0.3, -0.25) is 9.71 Å². The monoisotopic (exact) mass is 565 g/mol. The maximum atomic E-state index is 13.2. The van der Waals surface area contributed by atoms with E-state index in [9.17, 15) is 4.21 Å². The van der Waals surface area contributed by atoms with Crippen molar-refractivity contribution in [2.45, 2.75) is 4.90 Å². The number of aromatic nitrogens is 3. The second-order valence-electron chi connectivity index (χ2n) is 8.29. The average molecular weight is 566 g/mol. The third-order valence-corrected chi connectivity index (χ3v) is 7.50. The van der Waals surface area contributed by atoms with Crippen molar-refractivity contribution >= 4 is 66.2 Å². The zero-order chi connectivity index (χ0) is 25.2. The van der Waals surface area contributed by atoms with Crippen LogP contribution in [-0.4, -0.2) is 19.2 Å². The van der Waals surface area contributed by atoms with Crippen LogP contribution in [-0.2, 0) is 11.0 Å². The van der Waals surface area contributed by atoms with Crippen LogP contribution in [0.15, 0.2) is 119 Å². The summed E-state index contributed by atoms with van der Waals surface area (Å²) in [6, 6.07) is 33.2. The average Bonchev–Trinajstić information content (AvgIpc) is 2.94. The molecule has 37 heavy (non-hydrogen) atoms. The third-order valence-electron chi connectivity index (χ3n) is 5.90. The molecule has 6 rings (SSSR count). The summed E-state index contributed by atoms with van der Waals surface area (Å²) in [4.78, 5) is 14.9. The van der Waals surface area contributed by atoms with E-state index in [-0.39, 0.29) is 0 Å². The van der Waals surface area contributed by atoms with Crippen molar-refractivity contribution in [3.8, 4) is 11.1 Å². The highest BCUT2D eigenvalue weighted by molar-refractivity contribution is 9.10. The lowest BCUT2D eigenvalue weighted by molar-refractivity contribution is 0.686. The fraction of sp³-hybridized carbons (Fsp3) is 0. The summed E-state index contributed by atoms with van der Waals surface area (Å²) in [5.41, 5.74) is 5.21. The van der Waals surface area contributed by atoms with Gasteiger partial charge < -0.3 is 5.32 Å². The van der Waals surface area contributed by atoms with Crippen molar-refractivity contribution in [1.29, 1.82) is 0 Å². The Balaban J connectivity index is 1.43. The van der Waals surface area contributed by atoms with Crippen molar-refractivity contribution in [1.82, 2.24) is 15.0 Å². The molecule has 0 amide bonds. The topological polar surface area (TPSA) is 79.8 Å². The number of fused-ring (bicyclic) bond motifs is 2. The Bertz CT molecular complexity index is 1760. The zero-order valence-electron chi connectivity index (χ0n) is 19.4. The Morgan fingerprint density at radius 3 is 2.16 bits per heavy atom. The lowest BCUT2D eigenvalue weighted by Gasteiger charge is -2.15. The summed E-state index contributed by atoms with van der Waals surface area (Å²) in [5.74, 6) is 0.847. The Morgan fingerprint density at radius 2 is 1.41 bits per heavy atom. The first-order chi connectivity index (χ1) is 18.2. The highest BCUT2D eigenvalue weighted by atomic mass is 79.9. The van der Waals surface area contributed by atoms with E-state index in [0.29, 0.717) is 22.0 Å². The van der Waals surface area contributed by atoms with Crippen molar-refractivity contribution in [2.75, 3.05) is 10.0 Å². The highest BCUT2D eigenvalue weighted by Crippen LogP contribution is 2.33. The van der Waals surface area contributed by atoms with Crippen molar-refractivity contribution in [3.63, 3.8) is 0 Å². The molecule has 8 heteroatoms. The summed E-state index contributed by atoms with van der Waals surface area (Å²) in [6.45, 7) is 0. The molecule has 4 aromatic carbocycles. The largest absolute Gasteiger partial charge is 0.335 e. The molecule has 6 nitrogen and oxygen atoms in total. The summed E-state index contributed by atoms with van der Waals surface area (Å²) in [5, 5.41) is 4.43. The summed E-state index contributed by atoms with van der Waals surface area (Å²) < 4.78 is 17.1. The fourth-order valence-corrected chi connectivity index (χ4v) is 5.22. The Labute approximate surface area is 224 Å². The van der Waals surface area contributed by atoms with E-state index in [2.05, 4.69) is 49.2 Å². The van der Waals surface area contributed by atoms with Crippen LogP contribution in [0.3, 0.4) is 0 Å². The zero-order valence-corrected chi connectivity index (χ0v) is 21.8. The van der Waals surface area contributed by atoms with E-state index in [1.54, 1.807) is 12.1 Å². The molecule has 1 unspecified atom stereocenters. The van der Waals surface area contributed by atoms with E-state index in [0.717, 1.165) is 37.7 Å². The molecular formula is C29H20BrN5OS. The number of halogens is 1. The Morgan fingerprint density at radius 1 is 0.703 bits per heavy atom. The van der Waals surface area contributed by atoms with Gasteiger partial charge in [0.25, 0.3) is 0 Å². The number of nitrogens with zero attached hydrogens (tertiary/aromatic N) is 3. The molecule has 2 N–H and O–H groups in total. The minimum Gasteiger partial charge on any atom is -0.335 e. The van der Waals surface area contributed by atoms with Crippen molar-refractivity contribution in [2.24, 2.45) is 0 Å². The molecule has 1 atom stereocenters. The van der Waals surface area contributed by atoms with Crippen LogP contribution in [0.25, 0.3) is 33.1 Å². The van der Waals surface area contributed by atoms with Gasteiger partial charge in [-0.2, -0.15) is 0 Å². The first kappa shape index (κ1) is 23.3. The quantitative estimate of drug-likeness (QED) is 0.219. The van der Waals surface area contributed by atoms with Crippen LogP contribution in [0, 0.1) is 0 Å². The molecule has 0 saturated carbocycles. The highest BCUT2D eigenvalue weighted by Gasteiger charge is 2.15. The second-order valence-corrected chi connectivity index (χ2v) is 10.4. The molecule has 0 aliphatic rings. The number of pyridine rings is 1. The van der Waals surface area contributed by atoms with Gasteiger partial charge in [0, 0.05) is 16.1 Å². The molecule has 2 heterocycles. The van der Waals surface area contributed by atoms with E-state index in [1.165, 1.54) is 0 Å². The molecule has 0 aliphatic heterocycles. The van der Waals surface area contributed by atoms with Crippen molar-refractivity contribution in [3.05, 3.63) is 114 Å². The number of nitrogens with one attached hydrogen (secondary N) is 2. The minimum atomic E-state index is -1.54. The normalized spacial score (nSPS) is 11.9. The van der Waals surface area contributed by atoms with Crippen LogP contribution in [0.4, 0.5) is 17.3 Å². The molecule has 0 fully saturated rings. The maximum absolute atomic E-state index is 13.2. The maximum Gasteiger partial charge on any atom is 0.182 e. The van der Waals surface area contributed by atoms with Crippen LogP contribution >= 0.6 is 15.9 Å². The molecule has 0 spiro atoms. The van der Waals surface area contributed by atoms with Gasteiger partial charge in [-0.05, 0) is 59.7 Å². The number of hydrogen-bond donors (Lipinski definition) is 2. The van der Waals surface area contributed by atoms with Gasteiger partial charge in [0.05, 0.1) is 27.1 Å². The molecule has 2 aromatic heterocycles. The standard InChI is InChI=1S/C29H20BrN5OS/c30-20-13-15-21(16-14-20)37(36)35-29-28(32-24-10-4-5-11-25(24)33-29)34-26-12-6-9-23-22(17-18-31-27(23)26)19-7-2-1-3-8-19/h1-18H,(H,32,34)(H,33,35). The number of hydrogen-bond acceptors (Lipinski definition) is 5. The number of benzene rings is 4. The van der Waals surface area contributed by atoms with Gasteiger partial charge in [-0.15, -0.1) is 0 Å². The SMILES string of the molecule is O=S(Nc1nc2ccccc2nc1Nc1cccc2c(-c3ccccc3)ccnc12)c1ccc(Br)cc1. The molecule has 0 bridgehead atoms. The predicted octanol–water partition coefficient (Wildman–Crippen LogP) is 7.49. The fourth-order valence-electron chi connectivity index (χ4n) is 4.14. The van der Waals surface area contributed by atoms with Crippen molar-refractivity contribution < 1.29 is 4.21 Å². The predicted molar refractivity (Wildman–Crippen MR) is 154 cm³/mol. The van der Waals surface area contributed by atoms with Crippen LogP contribution in [0.2, 0.25) is 0 Å². The third kappa shape index (κ3) is 4.81. The van der Waals surface area contributed by atoms with Gasteiger partial charge in [0.1, 0.15) is 0 Å². The number of rotatable bonds is 6. The van der Waals surface area contributed by atoms with Gasteiger partial charge in [-0.25, -0.2) is 14.2 Å². The lowest BCUT2D eigenvalue weighted by Crippen LogP contribution is -2.10. The summed E-state index contributed by atoms with van der Waals surface area (Å²) in [7, 11) is -1.54. The lowest BCUT2D eigenvalue weighted by atomic mass is 10.0. The summed E-state index contributed by atoms with van der Waals surface area (Å²) >= 11 is 3.42. The molecular weight excluding hydrogens is 546 g/mol. The minimum absolute atomic E-state index is 0.385. The molecule has 180 valence electrons. The van der Waals surface area contributed by atoms with Crippen LogP contribution in [0.1, 0.15) is 0 Å². The van der Waals surface area contributed by atoms with Crippen LogP contribution in [0.5, 0.6) is 0 Å². The summed E-state index contributed by atoms with van der Waals surface area (Å²) in [6.07, 6.45) is 1.81. The molecule has 0 radical (unpaired) electrons. The molecule has 6 aromatic rings. The van der Waals surface area contributed by atoms with Gasteiger partial charge >= 0.3 is 0 Å². The Hall–Kier alpha value is -4.14. The van der Waals surface area contributed by atoms with Crippen LogP contribution < -0.4 is 10.0 Å². The smallest absolute Gasteiger partial charge is 0.182 e. The first-order valence-corrected chi connectivity index (χ1v) is 13.5. The van der Waals surface area contributed by atoms with E-state index >= 15 is 0 Å². The van der Waals surface area contributed by atoms with Gasteiger partial charge in [-0.1, -0.05) is 70.5 Å². The first-order valence-electron chi connectivity index (χ1n) is 11.6. The molecule has 0 aliphatic carbocycles.